The van der Waals surface area contributed by atoms with E-state index in [9.17, 15) is 37.3 Å². The second-order valence-corrected chi connectivity index (χ2v) is 9.77. The molecule has 3 amide bonds. The first-order chi connectivity index (χ1) is 15.9. The molecule has 1 saturated carbocycles. The molecule has 4 rings (SSSR count). The number of anilines is 1. The molecule has 184 valence electrons. The van der Waals surface area contributed by atoms with Gasteiger partial charge in [0.1, 0.15) is 18.3 Å². The summed E-state index contributed by atoms with van der Waals surface area (Å²) >= 11 is 0.959. The first-order valence-electron chi connectivity index (χ1n) is 9.67. The van der Waals surface area contributed by atoms with Gasteiger partial charge < -0.3 is 30.6 Å². The van der Waals surface area contributed by atoms with Crippen molar-refractivity contribution in [3.8, 4) is 0 Å². The molecule has 3 heterocycles. The SMILES string of the molecule is Nc1nc(C(=NOC2(C(=O)O)CC2)C(=O)NC2C(=O)N(S(=O)(=O)O)C2CN2CCOC2=O)cs1. The van der Waals surface area contributed by atoms with Crippen molar-refractivity contribution in [3.63, 3.8) is 0 Å². The van der Waals surface area contributed by atoms with Crippen molar-refractivity contribution in [1.82, 2.24) is 19.5 Å². The number of hydrogen-bond donors (Lipinski definition) is 4. The van der Waals surface area contributed by atoms with Crippen molar-refractivity contribution in [1.29, 1.82) is 0 Å². The Hall–Kier alpha value is -3.51. The number of aliphatic carboxylic acids is 1. The van der Waals surface area contributed by atoms with E-state index >= 15 is 0 Å². The van der Waals surface area contributed by atoms with Crippen molar-refractivity contribution >= 4 is 56.4 Å². The molecule has 3 aliphatic rings. The Morgan fingerprint density at radius 2 is 2.12 bits per heavy atom. The maximum Gasteiger partial charge on any atom is 0.410 e. The van der Waals surface area contributed by atoms with Gasteiger partial charge in [0, 0.05) is 24.8 Å². The molecule has 0 spiro atoms. The number of nitrogens with two attached hydrogens (primary N) is 1. The van der Waals surface area contributed by atoms with Crippen molar-refractivity contribution < 1.29 is 46.8 Å². The van der Waals surface area contributed by atoms with E-state index in [0.29, 0.717) is 0 Å². The number of nitrogens with one attached hydrogen (secondary N) is 1. The van der Waals surface area contributed by atoms with Crippen LogP contribution in [0.2, 0.25) is 0 Å². The number of carboxylic acid groups (broad SMARTS) is 1. The number of nitrogen functional groups attached to an aromatic ring is 1. The summed E-state index contributed by atoms with van der Waals surface area (Å²) in [5, 5.41) is 16.6. The number of ether oxygens (including phenoxy) is 1. The average Bonchev–Trinajstić information content (AvgIpc) is 3.26. The van der Waals surface area contributed by atoms with Crippen LogP contribution in [0.15, 0.2) is 10.5 Å². The molecule has 0 aromatic carbocycles. The fourth-order valence-corrected chi connectivity index (χ4v) is 4.78. The van der Waals surface area contributed by atoms with Crippen LogP contribution in [0.1, 0.15) is 18.5 Å². The molecule has 1 aliphatic carbocycles. The van der Waals surface area contributed by atoms with Crippen molar-refractivity contribution in [2.24, 2.45) is 5.16 Å². The minimum atomic E-state index is -4.99. The van der Waals surface area contributed by atoms with Crippen LogP contribution >= 0.6 is 11.3 Å². The molecule has 34 heavy (non-hydrogen) atoms. The van der Waals surface area contributed by atoms with Gasteiger partial charge in [0.05, 0.1) is 12.6 Å². The Morgan fingerprint density at radius 1 is 1.41 bits per heavy atom. The Balaban J connectivity index is 1.57. The Labute approximate surface area is 195 Å². The minimum Gasteiger partial charge on any atom is -0.478 e. The molecule has 1 aromatic rings. The third-order valence-corrected chi connectivity index (χ3v) is 6.96. The predicted molar refractivity (Wildman–Crippen MR) is 111 cm³/mol. The summed E-state index contributed by atoms with van der Waals surface area (Å²) in [4.78, 5) is 58.6. The number of oxime groups is 1. The molecule has 0 radical (unpaired) electrons. The lowest BCUT2D eigenvalue weighted by atomic mass is 9.97. The van der Waals surface area contributed by atoms with Crippen molar-refractivity contribution in [3.05, 3.63) is 11.1 Å². The van der Waals surface area contributed by atoms with Gasteiger partial charge in [-0.2, -0.15) is 8.42 Å². The number of cyclic esters (lactones) is 1. The van der Waals surface area contributed by atoms with Gasteiger partial charge in [0.15, 0.2) is 10.8 Å². The number of rotatable bonds is 9. The first-order valence-corrected chi connectivity index (χ1v) is 11.9. The number of hydrogen-bond acceptors (Lipinski definition) is 12. The van der Waals surface area contributed by atoms with Crippen molar-refractivity contribution in [2.75, 3.05) is 25.4 Å². The largest absolute Gasteiger partial charge is 0.478 e. The fourth-order valence-electron chi connectivity index (χ4n) is 3.36. The second kappa shape index (κ2) is 8.37. The van der Waals surface area contributed by atoms with E-state index < -0.39 is 57.6 Å². The number of thiazole rings is 1. The third-order valence-electron chi connectivity index (χ3n) is 5.34. The standard InChI is InChI=1S/C16H18N6O10S2/c17-14-18-7(6-33-14)9(20-32-16(1-2-16)13(25)26)11(23)19-10-8(5-21-3-4-31-15(21)27)22(12(10)24)34(28,29)30/h6,8,10H,1-5H2,(H2,17,18)(H,19,23)(H,25,26)(H,28,29,30). The third kappa shape index (κ3) is 4.33. The summed E-state index contributed by atoms with van der Waals surface area (Å²) in [6, 6.07) is -2.81. The minimum absolute atomic E-state index is 0.0487. The van der Waals surface area contributed by atoms with Gasteiger partial charge in [-0.05, 0) is 0 Å². The van der Waals surface area contributed by atoms with Crippen LogP contribution in [0.3, 0.4) is 0 Å². The van der Waals surface area contributed by atoms with E-state index in [0.717, 1.165) is 16.2 Å². The molecule has 16 nitrogen and oxygen atoms in total. The van der Waals surface area contributed by atoms with Crippen LogP contribution in [0.25, 0.3) is 0 Å². The second-order valence-electron chi connectivity index (χ2n) is 7.59. The van der Waals surface area contributed by atoms with E-state index in [4.69, 9.17) is 15.3 Å². The van der Waals surface area contributed by atoms with E-state index in [1.54, 1.807) is 0 Å². The van der Waals surface area contributed by atoms with Gasteiger partial charge in [-0.3, -0.25) is 14.1 Å². The Morgan fingerprint density at radius 3 is 2.62 bits per heavy atom. The van der Waals surface area contributed by atoms with E-state index in [1.165, 1.54) is 5.38 Å². The lowest BCUT2D eigenvalue weighted by Crippen LogP contribution is -2.74. The van der Waals surface area contributed by atoms with Crippen LogP contribution in [0, 0.1) is 0 Å². The Kier molecular flexibility index (Phi) is 5.82. The monoisotopic (exact) mass is 518 g/mol. The molecular formula is C16H18N6O10S2. The fraction of sp³-hybridized carbons (Fsp3) is 0.500. The summed E-state index contributed by atoms with van der Waals surface area (Å²) in [5.41, 5.74) is 3.44. The summed E-state index contributed by atoms with van der Waals surface area (Å²) < 4.78 is 37.6. The quantitative estimate of drug-likeness (QED) is 0.120. The van der Waals surface area contributed by atoms with Gasteiger partial charge in [0.2, 0.25) is 5.60 Å². The van der Waals surface area contributed by atoms with Crippen LogP contribution in [0.5, 0.6) is 0 Å². The van der Waals surface area contributed by atoms with Gasteiger partial charge >= 0.3 is 22.4 Å². The number of carbonyl (C=O) groups excluding carboxylic acids is 3. The lowest BCUT2D eigenvalue weighted by Gasteiger charge is -2.45. The van der Waals surface area contributed by atoms with Crippen LogP contribution in [0.4, 0.5) is 9.93 Å². The highest BCUT2D eigenvalue weighted by molar-refractivity contribution is 7.84. The number of aromatic nitrogens is 1. The maximum atomic E-state index is 13.0. The summed E-state index contributed by atoms with van der Waals surface area (Å²) in [7, 11) is -4.99. The van der Waals surface area contributed by atoms with Crippen molar-refractivity contribution in [2.45, 2.75) is 30.5 Å². The number of amides is 3. The molecule has 2 unspecified atom stereocenters. The van der Waals surface area contributed by atoms with Gasteiger partial charge in [-0.15, -0.1) is 11.3 Å². The van der Waals surface area contributed by atoms with Gasteiger partial charge in [-0.1, -0.05) is 5.16 Å². The highest BCUT2D eigenvalue weighted by Gasteiger charge is 2.56. The van der Waals surface area contributed by atoms with E-state index in [-0.39, 0.29) is 47.7 Å². The van der Waals surface area contributed by atoms with E-state index in [2.05, 4.69) is 15.5 Å². The zero-order valence-electron chi connectivity index (χ0n) is 17.1. The number of nitrogens with zero attached hydrogens (tertiary/aromatic N) is 4. The molecule has 18 heteroatoms. The van der Waals surface area contributed by atoms with Gasteiger partial charge in [0.25, 0.3) is 11.8 Å². The Bertz CT molecular complexity index is 1190. The first kappa shape index (κ1) is 23.6. The van der Waals surface area contributed by atoms with Gasteiger partial charge in [-0.25, -0.2) is 18.9 Å². The molecule has 1 aromatic heterocycles. The zero-order chi connectivity index (χ0) is 24.8. The molecule has 3 fully saturated rings. The normalized spacial score (nSPS) is 23.9. The molecule has 5 N–H and O–H groups in total. The van der Waals surface area contributed by atoms with Crippen LogP contribution < -0.4 is 11.1 Å². The summed E-state index contributed by atoms with van der Waals surface area (Å²) in [5.74, 6) is -3.48. The van der Waals surface area contributed by atoms with Crippen LogP contribution in [-0.4, -0.2) is 99.2 Å². The number of carboxylic acids is 1. The maximum absolute atomic E-state index is 13.0. The number of β-lactam (4-membered cyclic amide) rings is 1. The molecule has 2 saturated heterocycles. The molecule has 2 atom stereocenters. The van der Waals surface area contributed by atoms with E-state index in [1.807, 2.05) is 0 Å². The lowest BCUT2D eigenvalue weighted by molar-refractivity contribution is -0.153. The smallest absolute Gasteiger partial charge is 0.410 e. The average molecular weight is 518 g/mol. The summed E-state index contributed by atoms with van der Waals surface area (Å²) in [6.45, 7) is -0.198. The summed E-state index contributed by atoms with van der Waals surface area (Å²) in [6.07, 6.45) is -0.423. The highest BCUT2D eigenvalue weighted by atomic mass is 32.2. The highest BCUT2D eigenvalue weighted by Crippen LogP contribution is 2.40. The zero-order valence-corrected chi connectivity index (χ0v) is 18.7. The number of carbonyl (C=O) groups is 4. The molecule has 2 aliphatic heterocycles. The molecular weight excluding hydrogens is 500 g/mol. The van der Waals surface area contributed by atoms with Crippen LogP contribution in [-0.2, 0) is 34.3 Å². The molecule has 0 bridgehead atoms. The predicted octanol–water partition coefficient (Wildman–Crippen LogP) is -1.99. The topological polar surface area (TPSA) is 231 Å².